The molecule has 0 saturated heterocycles. The van der Waals surface area contributed by atoms with Crippen molar-refractivity contribution in [1.29, 1.82) is 0 Å². The zero-order valence-electron chi connectivity index (χ0n) is 5.42. The van der Waals surface area contributed by atoms with Crippen molar-refractivity contribution in [2.24, 2.45) is 0 Å². The molecule has 0 fully saturated rings. The van der Waals surface area contributed by atoms with Crippen molar-refractivity contribution in [1.82, 2.24) is 0 Å². The topological polar surface area (TPSA) is 93.1 Å². The van der Waals surface area contributed by atoms with Gasteiger partial charge in [-0.25, -0.2) is 16.8 Å². The van der Waals surface area contributed by atoms with E-state index in [2.05, 4.69) is 8.37 Å². The van der Waals surface area contributed by atoms with Gasteiger partial charge < -0.3 is 0 Å². The molecule has 0 aromatic heterocycles. The van der Waals surface area contributed by atoms with Gasteiger partial charge in [-0.3, -0.25) is 9.11 Å². The monoisotopic (exact) mass is 202 g/mol. The van der Waals surface area contributed by atoms with Gasteiger partial charge in [-0.1, -0.05) is 0 Å². The quantitative estimate of drug-likeness (QED) is 0.504. The highest BCUT2D eigenvalue weighted by Crippen LogP contribution is 2.04. The summed E-state index contributed by atoms with van der Waals surface area (Å²) in [6, 6.07) is 0. The van der Waals surface area contributed by atoms with E-state index in [1.165, 1.54) is 0 Å². The predicted octanol–water partition coefficient (Wildman–Crippen LogP) is -0.712. The lowest BCUT2D eigenvalue weighted by Crippen LogP contribution is -2.27. The van der Waals surface area contributed by atoms with Crippen molar-refractivity contribution < 1.29 is 25.9 Å². The average molecular weight is 202 g/mol. The summed E-state index contributed by atoms with van der Waals surface area (Å²) in [7, 11) is -7.36. The molecule has 0 aromatic rings. The average Bonchev–Trinajstić information content (AvgIpc) is 1.81. The van der Waals surface area contributed by atoms with Crippen LogP contribution in [0.5, 0.6) is 0 Å². The predicted molar refractivity (Wildman–Crippen MR) is 40.5 cm³/mol. The molecule has 0 amide bonds. The summed E-state index contributed by atoms with van der Waals surface area (Å²) in [5, 5.41) is -0.507. The molecular formula is C3H6O6S2. The second-order valence-corrected chi connectivity index (χ2v) is 4.86. The van der Waals surface area contributed by atoms with E-state index in [1.54, 1.807) is 0 Å². The second kappa shape index (κ2) is 2.44. The van der Waals surface area contributed by atoms with Crippen LogP contribution in [0, 0.1) is 0 Å². The third-order valence-corrected chi connectivity index (χ3v) is 3.11. The van der Waals surface area contributed by atoms with Crippen molar-refractivity contribution in [3.8, 4) is 0 Å². The Morgan fingerprint density at radius 3 is 2.36 bits per heavy atom. The molecule has 8 heteroatoms. The molecule has 11 heavy (non-hydrogen) atoms. The second-order valence-electron chi connectivity index (χ2n) is 1.76. The summed E-state index contributed by atoms with van der Waals surface area (Å²) in [6.07, 6.45) is 0. The zero-order valence-corrected chi connectivity index (χ0v) is 7.05. The molecule has 2 unspecified atom stereocenters. The van der Waals surface area contributed by atoms with Crippen LogP contribution in [0.25, 0.3) is 0 Å². The fourth-order valence-corrected chi connectivity index (χ4v) is 2.37. The van der Waals surface area contributed by atoms with Crippen LogP contribution in [-0.2, 0) is 28.5 Å². The highest BCUT2D eigenvalue weighted by Gasteiger charge is 2.20. The van der Waals surface area contributed by atoms with Crippen LogP contribution in [0.4, 0.5) is 0 Å². The minimum absolute atomic E-state index is 0.308. The molecule has 0 spiro atoms. The first kappa shape index (κ1) is 8.97. The Morgan fingerprint density at radius 2 is 2.00 bits per heavy atom. The minimum atomic E-state index is -3.68. The SMILES string of the molecule is CC1=S(=O)(O)OC=S(=O)(O)O1. The Kier molecular flexibility index (Phi) is 1.99. The summed E-state index contributed by atoms with van der Waals surface area (Å²) in [5.74, 6) is 0. The summed E-state index contributed by atoms with van der Waals surface area (Å²) < 4.78 is 47.0. The highest BCUT2D eigenvalue weighted by atomic mass is 32.3. The van der Waals surface area contributed by atoms with Crippen LogP contribution >= 0.6 is 0 Å². The van der Waals surface area contributed by atoms with Gasteiger partial charge in [0.1, 0.15) is 0 Å². The number of rotatable bonds is 0. The molecule has 1 rings (SSSR count). The Hall–Kier alpha value is -0.120. The fourth-order valence-electron chi connectivity index (χ4n) is 0.401. The lowest BCUT2D eigenvalue weighted by molar-refractivity contribution is 0.411. The molecule has 0 aromatic carbocycles. The highest BCUT2D eigenvalue weighted by molar-refractivity contribution is 7.99. The van der Waals surface area contributed by atoms with Crippen LogP contribution in [0.1, 0.15) is 6.92 Å². The van der Waals surface area contributed by atoms with Crippen LogP contribution in [0.3, 0.4) is 0 Å². The third kappa shape index (κ3) is 1.92. The summed E-state index contributed by atoms with van der Waals surface area (Å²) in [6.45, 7) is 1.09. The molecule has 66 valence electrons. The Balaban J connectivity index is 3.19. The normalized spacial score (nSPS) is 45.2. The van der Waals surface area contributed by atoms with Gasteiger partial charge in [0.2, 0.25) is 20.2 Å². The van der Waals surface area contributed by atoms with Crippen LogP contribution in [-0.4, -0.2) is 28.1 Å². The molecule has 0 radical (unpaired) electrons. The van der Waals surface area contributed by atoms with Crippen LogP contribution in [0.2, 0.25) is 0 Å². The van der Waals surface area contributed by atoms with E-state index in [0.717, 1.165) is 6.92 Å². The van der Waals surface area contributed by atoms with E-state index in [0.29, 0.717) is 5.55 Å². The first-order valence-corrected chi connectivity index (χ1v) is 5.35. The summed E-state index contributed by atoms with van der Waals surface area (Å²) in [5.41, 5.74) is 0.308. The van der Waals surface area contributed by atoms with Gasteiger partial charge >= 0.3 is 0 Å². The van der Waals surface area contributed by atoms with E-state index >= 15 is 0 Å². The first-order chi connectivity index (χ1) is 4.83. The van der Waals surface area contributed by atoms with E-state index in [4.69, 9.17) is 9.11 Å². The van der Waals surface area contributed by atoms with E-state index < -0.39 is 25.2 Å². The van der Waals surface area contributed by atoms with Crippen LogP contribution < -0.4 is 0 Å². The smallest absolute Gasteiger partial charge is 0.234 e. The Labute approximate surface area is 64.2 Å². The maximum Gasteiger partial charge on any atom is 0.234 e. The van der Waals surface area contributed by atoms with Gasteiger partial charge in [0.15, 0.2) is 10.6 Å². The van der Waals surface area contributed by atoms with Gasteiger partial charge in [-0.2, -0.15) is 0 Å². The molecule has 1 aliphatic rings. The molecule has 0 aliphatic carbocycles. The lowest BCUT2D eigenvalue weighted by Gasteiger charge is -2.12. The molecule has 1 heterocycles. The van der Waals surface area contributed by atoms with E-state index in [1.807, 2.05) is 0 Å². The largest absolute Gasteiger partial charge is 0.292 e. The summed E-state index contributed by atoms with van der Waals surface area (Å²) in [4.78, 5) is 0. The van der Waals surface area contributed by atoms with Gasteiger partial charge in [-0.05, 0) is 6.92 Å². The van der Waals surface area contributed by atoms with E-state index in [9.17, 15) is 8.42 Å². The van der Waals surface area contributed by atoms with Crippen molar-refractivity contribution in [3.63, 3.8) is 0 Å². The Bertz CT molecular complexity index is 390. The third-order valence-electron chi connectivity index (χ3n) is 0.891. The van der Waals surface area contributed by atoms with Gasteiger partial charge in [0.25, 0.3) is 0 Å². The lowest BCUT2D eigenvalue weighted by atomic mass is 10.9. The van der Waals surface area contributed by atoms with Crippen molar-refractivity contribution in [2.75, 3.05) is 0 Å². The molecule has 2 N–H and O–H groups in total. The van der Waals surface area contributed by atoms with Gasteiger partial charge in [0, 0.05) is 0 Å². The summed E-state index contributed by atoms with van der Waals surface area (Å²) >= 11 is 0. The molecule has 0 saturated carbocycles. The van der Waals surface area contributed by atoms with Crippen LogP contribution in [0.15, 0.2) is 0 Å². The zero-order chi connectivity index (χ0) is 8.70. The van der Waals surface area contributed by atoms with Crippen molar-refractivity contribution in [3.05, 3.63) is 0 Å². The molecule has 0 bridgehead atoms. The molecular weight excluding hydrogens is 196 g/mol. The maximum absolute atomic E-state index is 10.7. The maximum atomic E-state index is 10.7. The Morgan fingerprint density at radius 1 is 1.45 bits per heavy atom. The van der Waals surface area contributed by atoms with E-state index in [-0.39, 0.29) is 0 Å². The minimum Gasteiger partial charge on any atom is -0.292 e. The fraction of sp³-hybridized carbons (Fsp3) is 0.333. The van der Waals surface area contributed by atoms with Gasteiger partial charge in [0.05, 0.1) is 0 Å². The van der Waals surface area contributed by atoms with Crippen molar-refractivity contribution >= 4 is 30.8 Å². The molecule has 1 aliphatic heterocycles. The number of hydrogen-bond acceptors (Lipinski definition) is 4. The van der Waals surface area contributed by atoms with Gasteiger partial charge in [-0.15, -0.1) is 0 Å². The molecule has 2 atom stereocenters. The molecule has 6 nitrogen and oxygen atoms in total. The number of hydrogen-bond donors (Lipinski definition) is 2. The van der Waals surface area contributed by atoms with Crippen molar-refractivity contribution in [2.45, 2.75) is 6.92 Å². The first-order valence-electron chi connectivity index (χ1n) is 2.41. The standard InChI is InChI=1S/C3H6O6S2/c1-3-9-10(4,5)2-8-11(3,6)7/h2H,1H3,(H,4,5)(H,6,7).